The predicted octanol–water partition coefficient (Wildman–Crippen LogP) is 4.87. The molecule has 2 aliphatic heterocycles. The Morgan fingerprint density at radius 2 is 1.64 bits per heavy atom. The summed E-state index contributed by atoms with van der Waals surface area (Å²) in [5, 5.41) is 2.83. The topological polar surface area (TPSA) is 96.0 Å². The quantitative estimate of drug-likeness (QED) is 0.333. The molecule has 216 valence electrons. The van der Waals surface area contributed by atoms with E-state index in [1.807, 2.05) is 0 Å². The monoisotopic (exact) mass is 577 g/mol. The van der Waals surface area contributed by atoms with Gasteiger partial charge in [0.15, 0.2) is 17.4 Å². The van der Waals surface area contributed by atoms with E-state index in [9.17, 15) is 32.3 Å². The number of imide groups is 1. The van der Waals surface area contributed by atoms with Crippen molar-refractivity contribution in [3.63, 3.8) is 0 Å². The van der Waals surface area contributed by atoms with E-state index < -0.39 is 58.1 Å². The lowest BCUT2D eigenvalue weighted by Gasteiger charge is -2.33. The molecule has 1 N–H and O–H groups in total. The lowest BCUT2D eigenvalue weighted by atomic mass is 9.92. The van der Waals surface area contributed by atoms with Crippen molar-refractivity contribution >= 4 is 29.3 Å². The Morgan fingerprint density at radius 1 is 0.976 bits per heavy atom. The minimum atomic E-state index is -1.51. The Morgan fingerprint density at radius 3 is 2.29 bits per heavy atom. The average Bonchev–Trinajstić information content (AvgIpc) is 3.63. The predicted molar refractivity (Wildman–Crippen MR) is 145 cm³/mol. The third-order valence-electron chi connectivity index (χ3n) is 8.35. The van der Waals surface area contributed by atoms with Crippen LogP contribution in [0.2, 0.25) is 0 Å². The second-order valence-corrected chi connectivity index (χ2v) is 10.6. The van der Waals surface area contributed by atoms with E-state index in [1.165, 1.54) is 19.1 Å². The van der Waals surface area contributed by atoms with E-state index in [0.29, 0.717) is 60.7 Å². The van der Waals surface area contributed by atoms with Crippen molar-refractivity contribution in [1.82, 2.24) is 10.2 Å². The van der Waals surface area contributed by atoms with E-state index in [-0.39, 0.29) is 12.5 Å². The lowest BCUT2D eigenvalue weighted by molar-refractivity contribution is 0.0694. The van der Waals surface area contributed by atoms with E-state index in [1.54, 1.807) is 41.3 Å². The Labute approximate surface area is 239 Å². The van der Waals surface area contributed by atoms with Gasteiger partial charge in [0.05, 0.1) is 40.6 Å². The normalized spacial score (nSPS) is 21.0. The highest BCUT2D eigenvalue weighted by atomic mass is 19.2. The van der Waals surface area contributed by atoms with Crippen LogP contribution in [0, 0.1) is 17.5 Å². The zero-order valence-electron chi connectivity index (χ0n) is 22.6. The average molecular weight is 578 g/mol. The fourth-order valence-electron chi connectivity index (χ4n) is 6.38. The van der Waals surface area contributed by atoms with Crippen LogP contribution in [0.3, 0.4) is 0 Å². The number of benzene rings is 3. The lowest BCUT2D eigenvalue weighted by Crippen LogP contribution is -2.54. The molecule has 2 heterocycles. The van der Waals surface area contributed by atoms with Crippen LogP contribution >= 0.6 is 0 Å². The summed E-state index contributed by atoms with van der Waals surface area (Å²) in [4.78, 5) is 55.1. The number of nitrogens with one attached hydrogen (secondary N) is 1. The number of rotatable bonds is 6. The van der Waals surface area contributed by atoms with Crippen molar-refractivity contribution in [2.75, 3.05) is 18.1 Å². The maximum absolute atomic E-state index is 15.0. The summed E-state index contributed by atoms with van der Waals surface area (Å²) < 4.78 is 48.1. The molecule has 3 aromatic rings. The Bertz CT molecular complexity index is 1610. The number of halogens is 3. The minimum Gasteiger partial charge on any atom is -0.488 e. The maximum atomic E-state index is 15.0. The number of fused-ring (bicyclic) bond motifs is 2. The van der Waals surface area contributed by atoms with Gasteiger partial charge in [0, 0.05) is 12.1 Å². The van der Waals surface area contributed by atoms with Gasteiger partial charge in [0.25, 0.3) is 23.6 Å². The highest BCUT2D eigenvalue weighted by molar-refractivity contribution is 6.34. The van der Waals surface area contributed by atoms with Gasteiger partial charge >= 0.3 is 0 Å². The summed E-state index contributed by atoms with van der Waals surface area (Å²) in [6, 6.07) is 12.8. The molecule has 3 aromatic carbocycles. The van der Waals surface area contributed by atoms with Crippen LogP contribution in [0.25, 0.3) is 0 Å². The van der Waals surface area contributed by atoms with Crippen molar-refractivity contribution in [2.24, 2.45) is 0 Å². The summed E-state index contributed by atoms with van der Waals surface area (Å²) >= 11 is 0. The third-order valence-corrected chi connectivity index (χ3v) is 8.35. The van der Waals surface area contributed by atoms with Crippen LogP contribution in [0.15, 0.2) is 54.6 Å². The number of carbonyl (C=O) groups excluding carboxylic acids is 4. The van der Waals surface area contributed by atoms with Crippen molar-refractivity contribution in [3.05, 3.63) is 94.3 Å². The van der Waals surface area contributed by atoms with Crippen molar-refractivity contribution < 1.29 is 37.1 Å². The Kier molecular flexibility index (Phi) is 6.75. The molecule has 8 nitrogen and oxygen atoms in total. The molecule has 1 saturated carbocycles. The molecule has 0 unspecified atom stereocenters. The summed E-state index contributed by atoms with van der Waals surface area (Å²) in [6.45, 7) is 1.67. The largest absolute Gasteiger partial charge is 0.488 e. The number of likely N-dealkylation sites (tertiary alicyclic amines) is 1. The first-order valence-corrected chi connectivity index (χ1v) is 13.7. The number of hydrogen-bond acceptors (Lipinski definition) is 5. The van der Waals surface area contributed by atoms with Gasteiger partial charge in [0.1, 0.15) is 0 Å². The highest BCUT2D eigenvalue weighted by Gasteiger charge is 2.53. The molecule has 3 aliphatic rings. The van der Waals surface area contributed by atoms with Crippen LogP contribution in [-0.2, 0) is 0 Å². The van der Waals surface area contributed by atoms with E-state index in [0.717, 1.165) is 4.90 Å². The second-order valence-electron chi connectivity index (χ2n) is 10.6. The van der Waals surface area contributed by atoms with Crippen LogP contribution in [0.5, 0.6) is 5.75 Å². The first kappa shape index (κ1) is 27.5. The SMILES string of the molecule is CCOc1c(F)c(F)cc(C(=O)N[C@@]23CCC[C@@H]2N(C(=O)c2ccc(N4C(=O)c5ccccc5C4=O)cc2)CC3)c1F. The van der Waals surface area contributed by atoms with Crippen LogP contribution < -0.4 is 15.0 Å². The molecule has 2 atom stereocenters. The van der Waals surface area contributed by atoms with Crippen molar-refractivity contribution in [1.29, 1.82) is 0 Å². The molecule has 2 fully saturated rings. The molecule has 1 aliphatic carbocycles. The Balaban J connectivity index is 1.20. The molecule has 6 rings (SSSR count). The zero-order valence-corrected chi connectivity index (χ0v) is 22.6. The number of ether oxygens (including phenoxy) is 1. The first-order chi connectivity index (χ1) is 20.2. The molecular weight excluding hydrogens is 551 g/mol. The van der Waals surface area contributed by atoms with Gasteiger partial charge in [-0.05, 0) is 75.1 Å². The minimum absolute atomic E-state index is 0.124. The fourth-order valence-corrected chi connectivity index (χ4v) is 6.38. The van der Waals surface area contributed by atoms with E-state index >= 15 is 0 Å². The number of anilines is 1. The van der Waals surface area contributed by atoms with Crippen molar-refractivity contribution in [3.8, 4) is 5.75 Å². The first-order valence-electron chi connectivity index (χ1n) is 13.7. The zero-order chi connectivity index (χ0) is 29.8. The molecule has 0 bridgehead atoms. The number of nitrogens with zero attached hydrogens (tertiary/aromatic N) is 2. The summed E-state index contributed by atoms with van der Waals surface area (Å²) in [5.74, 6) is -7.24. The molecule has 0 radical (unpaired) electrons. The summed E-state index contributed by atoms with van der Waals surface area (Å²) in [7, 11) is 0. The number of hydrogen-bond donors (Lipinski definition) is 1. The van der Waals surface area contributed by atoms with Crippen LogP contribution in [-0.4, -0.2) is 53.3 Å². The molecule has 1 saturated heterocycles. The van der Waals surface area contributed by atoms with Gasteiger partial charge in [0.2, 0.25) is 5.82 Å². The van der Waals surface area contributed by atoms with Gasteiger partial charge in [-0.25, -0.2) is 13.7 Å². The fraction of sp³-hybridized carbons (Fsp3) is 0.290. The smallest absolute Gasteiger partial charge is 0.266 e. The number of amides is 4. The van der Waals surface area contributed by atoms with Crippen molar-refractivity contribution in [2.45, 2.75) is 44.2 Å². The van der Waals surface area contributed by atoms with Gasteiger partial charge in [-0.15, -0.1) is 0 Å². The van der Waals surface area contributed by atoms with Crippen LogP contribution in [0.4, 0.5) is 18.9 Å². The molecule has 0 aromatic heterocycles. The van der Waals surface area contributed by atoms with E-state index in [2.05, 4.69) is 5.32 Å². The molecule has 42 heavy (non-hydrogen) atoms. The molecule has 0 spiro atoms. The number of carbonyl (C=O) groups is 4. The molecule has 4 amide bonds. The van der Waals surface area contributed by atoms with Gasteiger partial charge in [-0.1, -0.05) is 12.1 Å². The summed E-state index contributed by atoms with van der Waals surface area (Å²) in [5.41, 5.74) is -0.242. The summed E-state index contributed by atoms with van der Waals surface area (Å²) in [6.07, 6.45) is 2.20. The molecule has 11 heteroatoms. The maximum Gasteiger partial charge on any atom is 0.266 e. The third kappa shape index (κ3) is 4.22. The van der Waals surface area contributed by atoms with Gasteiger partial charge in [-0.3, -0.25) is 19.2 Å². The van der Waals surface area contributed by atoms with Crippen LogP contribution in [0.1, 0.15) is 74.0 Å². The second kappa shape index (κ2) is 10.3. The van der Waals surface area contributed by atoms with E-state index in [4.69, 9.17) is 4.74 Å². The standard InChI is InChI=1S/C31H26F3N3O5/c1-2-42-26-24(33)21(16-22(32)25(26)34)27(38)35-31-13-5-8-23(31)36(15-14-31)28(39)17-9-11-18(12-10-17)37-29(40)19-6-3-4-7-20(19)30(37)41/h3-4,6-7,9-12,16,23H,2,5,8,13-15H2,1H3,(H,35,38)/t23-,31+/m0/s1. The Hall–Kier alpha value is -4.67. The molecular formula is C31H26F3N3O5. The highest BCUT2D eigenvalue weighted by Crippen LogP contribution is 2.43. The van der Waals surface area contributed by atoms with Gasteiger partial charge in [-0.2, -0.15) is 4.39 Å². The van der Waals surface area contributed by atoms with Gasteiger partial charge < -0.3 is 15.0 Å².